The van der Waals surface area contributed by atoms with Gasteiger partial charge in [-0.2, -0.15) is 0 Å². The average molecular weight is 245 g/mol. The van der Waals surface area contributed by atoms with Gasteiger partial charge in [0.1, 0.15) is 11.6 Å². The van der Waals surface area contributed by atoms with E-state index < -0.39 is 17.7 Å². The summed E-state index contributed by atoms with van der Waals surface area (Å²) in [6, 6.07) is 3.51. The Hall–Kier alpha value is -1.04. The van der Waals surface area contributed by atoms with Crippen LogP contribution in [0.4, 0.5) is 8.78 Å². The molecule has 0 aromatic heterocycles. The molecule has 0 fully saturated rings. The molecule has 0 saturated heterocycles. The van der Waals surface area contributed by atoms with Crippen molar-refractivity contribution in [2.24, 2.45) is 0 Å². The first-order chi connectivity index (χ1) is 8.06. The fourth-order valence-electron chi connectivity index (χ4n) is 1.44. The topological polar surface area (TPSA) is 41.5 Å². The summed E-state index contributed by atoms with van der Waals surface area (Å²) < 4.78 is 31.6. The van der Waals surface area contributed by atoms with Crippen LogP contribution in [0.5, 0.6) is 0 Å². The zero-order chi connectivity index (χ0) is 12.8. The highest BCUT2D eigenvalue weighted by Crippen LogP contribution is 2.19. The van der Waals surface area contributed by atoms with Crippen LogP contribution in [-0.2, 0) is 4.74 Å². The second kappa shape index (κ2) is 6.64. The van der Waals surface area contributed by atoms with Gasteiger partial charge in [-0.05, 0) is 19.1 Å². The minimum atomic E-state index is -1.21. The zero-order valence-corrected chi connectivity index (χ0v) is 9.91. The third kappa shape index (κ3) is 4.03. The molecule has 0 bridgehead atoms. The van der Waals surface area contributed by atoms with Crippen LogP contribution < -0.4 is 5.32 Å². The molecule has 1 rings (SSSR count). The molecular formula is C12H17F2NO2. The van der Waals surface area contributed by atoms with Gasteiger partial charge in [0.15, 0.2) is 0 Å². The Morgan fingerprint density at radius 2 is 1.88 bits per heavy atom. The van der Waals surface area contributed by atoms with Crippen LogP contribution in [0, 0.1) is 11.6 Å². The highest BCUT2D eigenvalue weighted by molar-refractivity contribution is 5.22. The van der Waals surface area contributed by atoms with E-state index in [-0.39, 0.29) is 18.2 Å². The van der Waals surface area contributed by atoms with Gasteiger partial charge in [-0.1, -0.05) is 6.07 Å². The van der Waals surface area contributed by atoms with Gasteiger partial charge in [0.25, 0.3) is 0 Å². The first-order valence-corrected chi connectivity index (χ1v) is 5.41. The van der Waals surface area contributed by atoms with E-state index in [4.69, 9.17) is 4.74 Å². The quantitative estimate of drug-likeness (QED) is 0.800. The lowest BCUT2D eigenvalue weighted by atomic mass is 10.1. The van der Waals surface area contributed by atoms with Crippen LogP contribution in [-0.4, -0.2) is 31.4 Å². The summed E-state index contributed by atoms with van der Waals surface area (Å²) in [5.74, 6) is -1.47. The van der Waals surface area contributed by atoms with Crippen molar-refractivity contribution < 1.29 is 18.6 Å². The van der Waals surface area contributed by atoms with Crippen LogP contribution in [0.1, 0.15) is 18.6 Å². The molecule has 17 heavy (non-hydrogen) atoms. The first-order valence-electron chi connectivity index (χ1n) is 5.41. The van der Waals surface area contributed by atoms with Crippen molar-refractivity contribution in [2.75, 3.05) is 20.2 Å². The first kappa shape index (κ1) is 14.0. The Morgan fingerprint density at radius 1 is 1.29 bits per heavy atom. The molecule has 0 spiro atoms. The fraction of sp³-hybridized carbons (Fsp3) is 0.500. The lowest BCUT2D eigenvalue weighted by Gasteiger charge is -2.15. The predicted octanol–water partition coefficient (Wildman–Crippen LogP) is 1.62. The number of methoxy groups -OCH3 is 1. The molecule has 2 unspecified atom stereocenters. The second-order valence-electron chi connectivity index (χ2n) is 3.86. The van der Waals surface area contributed by atoms with E-state index in [0.29, 0.717) is 6.54 Å². The van der Waals surface area contributed by atoms with E-state index in [2.05, 4.69) is 5.32 Å². The largest absolute Gasteiger partial charge is 0.387 e. The number of halogens is 2. The fourth-order valence-corrected chi connectivity index (χ4v) is 1.44. The molecule has 1 aromatic rings. The molecule has 0 aliphatic carbocycles. The molecule has 0 aliphatic heterocycles. The number of aliphatic hydroxyl groups is 1. The third-order valence-corrected chi connectivity index (χ3v) is 2.50. The molecular weight excluding hydrogens is 228 g/mol. The lowest BCUT2D eigenvalue weighted by molar-refractivity contribution is 0.108. The minimum absolute atomic E-state index is 0.0207. The van der Waals surface area contributed by atoms with Gasteiger partial charge in [0.2, 0.25) is 0 Å². The SMILES string of the molecule is COC(C)CNCC(O)c1c(F)cccc1F. The predicted molar refractivity (Wildman–Crippen MR) is 60.7 cm³/mol. The number of aliphatic hydroxyl groups excluding tert-OH is 1. The third-order valence-electron chi connectivity index (χ3n) is 2.50. The van der Waals surface area contributed by atoms with E-state index in [1.807, 2.05) is 6.92 Å². The van der Waals surface area contributed by atoms with Gasteiger partial charge < -0.3 is 15.2 Å². The number of hydrogen-bond acceptors (Lipinski definition) is 3. The van der Waals surface area contributed by atoms with Crippen LogP contribution in [0.2, 0.25) is 0 Å². The van der Waals surface area contributed by atoms with Gasteiger partial charge in [-0.3, -0.25) is 0 Å². The maximum Gasteiger partial charge on any atom is 0.131 e. The number of hydrogen-bond donors (Lipinski definition) is 2. The molecule has 3 nitrogen and oxygen atoms in total. The van der Waals surface area contributed by atoms with Gasteiger partial charge in [0, 0.05) is 20.2 Å². The van der Waals surface area contributed by atoms with Crippen molar-refractivity contribution in [1.82, 2.24) is 5.32 Å². The number of rotatable bonds is 6. The molecule has 2 atom stereocenters. The molecule has 5 heteroatoms. The average Bonchev–Trinajstić information content (AvgIpc) is 2.28. The number of nitrogens with one attached hydrogen (secondary N) is 1. The van der Waals surface area contributed by atoms with Crippen molar-refractivity contribution in [1.29, 1.82) is 0 Å². The summed E-state index contributed by atoms with van der Waals surface area (Å²) in [6.07, 6.45) is -1.23. The summed E-state index contributed by atoms with van der Waals surface area (Å²) >= 11 is 0. The second-order valence-corrected chi connectivity index (χ2v) is 3.86. The molecule has 0 saturated carbocycles. The Bertz CT molecular complexity index is 340. The highest BCUT2D eigenvalue weighted by Gasteiger charge is 2.17. The summed E-state index contributed by atoms with van der Waals surface area (Å²) in [4.78, 5) is 0. The molecule has 2 N–H and O–H groups in total. The van der Waals surface area contributed by atoms with Gasteiger partial charge in [0.05, 0.1) is 17.8 Å². The summed E-state index contributed by atoms with van der Waals surface area (Å²) in [6.45, 7) is 2.43. The smallest absolute Gasteiger partial charge is 0.131 e. The summed E-state index contributed by atoms with van der Waals surface area (Å²) in [5, 5.41) is 12.6. The Balaban J connectivity index is 2.55. The molecule has 96 valence electrons. The van der Waals surface area contributed by atoms with Gasteiger partial charge in [-0.15, -0.1) is 0 Å². The monoisotopic (exact) mass is 245 g/mol. The summed E-state index contributed by atoms with van der Waals surface area (Å²) in [5.41, 5.74) is -0.301. The van der Waals surface area contributed by atoms with E-state index in [9.17, 15) is 13.9 Å². The van der Waals surface area contributed by atoms with Crippen LogP contribution in [0.25, 0.3) is 0 Å². The summed E-state index contributed by atoms with van der Waals surface area (Å²) in [7, 11) is 1.57. The maximum absolute atomic E-state index is 13.3. The van der Waals surface area contributed by atoms with Crippen molar-refractivity contribution in [3.63, 3.8) is 0 Å². The van der Waals surface area contributed by atoms with Crippen molar-refractivity contribution in [2.45, 2.75) is 19.1 Å². The van der Waals surface area contributed by atoms with E-state index in [0.717, 1.165) is 12.1 Å². The molecule has 0 heterocycles. The van der Waals surface area contributed by atoms with Gasteiger partial charge in [-0.25, -0.2) is 8.78 Å². The number of benzene rings is 1. The molecule has 0 radical (unpaired) electrons. The molecule has 1 aromatic carbocycles. The van der Waals surface area contributed by atoms with Crippen LogP contribution in [0.3, 0.4) is 0 Å². The Morgan fingerprint density at radius 3 is 2.41 bits per heavy atom. The van der Waals surface area contributed by atoms with Crippen LogP contribution in [0.15, 0.2) is 18.2 Å². The number of ether oxygens (including phenoxy) is 1. The van der Waals surface area contributed by atoms with Crippen molar-refractivity contribution in [3.8, 4) is 0 Å². The van der Waals surface area contributed by atoms with E-state index >= 15 is 0 Å². The Kier molecular flexibility index (Phi) is 5.47. The molecule has 0 aliphatic rings. The van der Waals surface area contributed by atoms with E-state index in [1.54, 1.807) is 7.11 Å². The zero-order valence-electron chi connectivity index (χ0n) is 9.91. The maximum atomic E-state index is 13.3. The lowest BCUT2D eigenvalue weighted by Crippen LogP contribution is -2.30. The normalized spacial score (nSPS) is 14.6. The van der Waals surface area contributed by atoms with Crippen molar-refractivity contribution in [3.05, 3.63) is 35.4 Å². The van der Waals surface area contributed by atoms with Gasteiger partial charge >= 0.3 is 0 Å². The highest BCUT2D eigenvalue weighted by atomic mass is 19.1. The molecule has 0 amide bonds. The Labute approximate surface area is 99.4 Å². The van der Waals surface area contributed by atoms with E-state index in [1.165, 1.54) is 6.07 Å². The minimum Gasteiger partial charge on any atom is -0.387 e. The van der Waals surface area contributed by atoms with Crippen LogP contribution >= 0.6 is 0 Å². The van der Waals surface area contributed by atoms with Crippen molar-refractivity contribution >= 4 is 0 Å². The standard InChI is InChI=1S/C12H17F2NO2/c1-8(17-2)6-15-7-11(16)12-9(13)4-3-5-10(12)14/h3-5,8,11,15-16H,6-7H2,1-2H3.